The van der Waals surface area contributed by atoms with E-state index in [1.54, 1.807) is 0 Å². The van der Waals surface area contributed by atoms with Crippen LogP contribution in [0.4, 0.5) is 0 Å². The maximum Gasteiger partial charge on any atom is 0.213 e. The maximum absolute atomic E-state index is 5.91. The smallest absolute Gasteiger partial charge is 0.213 e. The standard InChI is InChI=1S/C20H23NO/c1-4-9-15-12-8-13-17(19-21-20(2,3)14-22-19)18(15)16-10-6-5-7-11-16/h4-8,10-13,15,18H,1,9,14H2,2-3H3/t15-,18-/m1/s1. The summed E-state index contributed by atoms with van der Waals surface area (Å²) in [5, 5.41) is 0. The van der Waals surface area contributed by atoms with Crippen molar-refractivity contribution < 1.29 is 4.74 Å². The number of allylic oxidation sites excluding steroid dienone is 4. The van der Waals surface area contributed by atoms with Crippen LogP contribution in [-0.4, -0.2) is 18.0 Å². The third kappa shape index (κ3) is 2.92. The molecule has 1 heterocycles. The van der Waals surface area contributed by atoms with E-state index in [2.05, 4.69) is 69.0 Å². The second kappa shape index (κ2) is 5.96. The third-order valence-corrected chi connectivity index (χ3v) is 4.21. The number of nitrogens with zero attached hydrogens (tertiary/aromatic N) is 1. The highest BCUT2D eigenvalue weighted by Crippen LogP contribution is 2.40. The summed E-state index contributed by atoms with van der Waals surface area (Å²) in [5.74, 6) is 1.48. The van der Waals surface area contributed by atoms with Crippen molar-refractivity contribution in [3.8, 4) is 0 Å². The van der Waals surface area contributed by atoms with Crippen molar-refractivity contribution in [2.24, 2.45) is 10.9 Å². The summed E-state index contributed by atoms with van der Waals surface area (Å²) in [4.78, 5) is 4.78. The molecule has 1 aromatic rings. The minimum Gasteiger partial charge on any atom is -0.475 e. The van der Waals surface area contributed by atoms with Gasteiger partial charge in [-0.2, -0.15) is 0 Å². The zero-order valence-electron chi connectivity index (χ0n) is 13.3. The van der Waals surface area contributed by atoms with Gasteiger partial charge < -0.3 is 4.74 Å². The monoisotopic (exact) mass is 293 g/mol. The van der Waals surface area contributed by atoms with Gasteiger partial charge in [0, 0.05) is 11.5 Å². The molecule has 0 spiro atoms. The highest BCUT2D eigenvalue weighted by atomic mass is 16.5. The molecule has 3 rings (SSSR count). The predicted molar refractivity (Wildman–Crippen MR) is 92.2 cm³/mol. The fourth-order valence-electron chi connectivity index (χ4n) is 3.18. The molecule has 2 heteroatoms. The van der Waals surface area contributed by atoms with Gasteiger partial charge in [-0.3, -0.25) is 0 Å². The first kappa shape index (κ1) is 14.8. The Hall–Kier alpha value is -2.09. The molecule has 0 amide bonds. The van der Waals surface area contributed by atoms with Gasteiger partial charge in [-0.1, -0.05) is 54.6 Å². The Bertz CT molecular complexity index is 637. The summed E-state index contributed by atoms with van der Waals surface area (Å²) in [5.41, 5.74) is 2.36. The lowest BCUT2D eigenvalue weighted by molar-refractivity contribution is 0.277. The van der Waals surface area contributed by atoms with Crippen LogP contribution in [-0.2, 0) is 4.74 Å². The molecule has 2 aliphatic rings. The molecule has 1 aliphatic carbocycles. The number of hydrogen-bond donors (Lipinski definition) is 0. The Kier molecular flexibility index (Phi) is 4.02. The lowest BCUT2D eigenvalue weighted by atomic mass is 9.76. The topological polar surface area (TPSA) is 21.6 Å². The van der Waals surface area contributed by atoms with E-state index < -0.39 is 0 Å². The van der Waals surface area contributed by atoms with E-state index in [1.165, 1.54) is 11.1 Å². The number of hydrogen-bond acceptors (Lipinski definition) is 2. The Morgan fingerprint density at radius 3 is 2.73 bits per heavy atom. The number of ether oxygens (including phenoxy) is 1. The summed E-state index contributed by atoms with van der Waals surface area (Å²) in [6.07, 6.45) is 9.49. The number of rotatable bonds is 4. The molecule has 1 aromatic carbocycles. The lowest BCUT2D eigenvalue weighted by Crippen LogP contribution is -2.21. The fourth-order valence-corrected chi connectivity index (χ4v) is 3.18. The number of aliphatic imine (C=N–C) groups is 1. The molecule has 114 valence electrons. The number of benzene rings is 1. The summed E-state index contributed by atoms with van der Waals surface area (Å²) >= 11 is 0. The molecule has 0 radical (unpaired) electrons. The van der Waals surface area contributed by atoms with Crippen LogP contribution in [0.5, 0.6) is 0 Å². The predicted octanol–water partition coefficient (Wildman–Crippen LogP) is 4.67. The summed E-state index contributed by atoms with van der Waals surface area (Å²) < 4.78 is 5.91. The van der Waals surface area contributed by atoms with E-state index in [1.807, 2.05) is 6.08 Å². The molecular weight excluding hydrogens is 270 g/mol. The van der Waals surface area contributed by atoms with Crippen LogP contribution < -0.4 is 0 Å². The van der Waals surface area contributed by atoms with Gasteiger partial charge >= 0.3 is 0 Å². The van der Waals surface area contributed by atoms with E-state index in [4.69, 9.17) is 9.73 Å². The van der Waals surface area contributed by atoms with Crippen molar-refractivity contribution in [1.29, 1.82) is 0 Å². The lowest BCUT2D eigenvalue weighted by Gasteiger charge is -2.29. The van der Waals surface area contributed by atoms with Crippen molar-refractivity contribution in [2.75, 3.05) is 6.61 Å². The minimum atomic E-state index is -0.132. The van der Waals surface area contributed by atoms with Gasteiger partial charge in [0.05, 0.1) is 5.54 Å². The molecule has 0 fully saturated rings. The van der Waals surface area contributed by atoms with Crippen LogP contribution in [0.2, 0.25) is 0 Å². The van der Waals surface area contributed by atoms with Crippen molar-refractivity contribution in [3.05, 3.63) is 72.4 Å². The van der Waals surface area contributed by atoms with Gasteiger partial charge in [0.25, 0.3) is 0 Å². The molecule has 22 heavy (non-hydrogen) atoms. The van der Waals surface area contributed by atoms with Crippen LogP contribution in [0.25, 0.3) is 0 Å². The van der Waals surface area contributed by atoms with Gasteiger partial charge in [-0.05, 0) is 31.7 Å². The zero-order valence-corrected chi connectivity index (χ0v) is 13.3. The summed E-state index contributed by atoms with van der Waals surface area (Å²) in [6.45, 7) is 8.78. The van der Waals surface area contributed by atoms with Crippen LogP contribution >= 0.6 is 0 Å². The minimum absolute atomic E-state index is 0.132. The largest absolute Gasteiger partial charge is 0.475 e. The maximum atomic E-state index is 5.91. The SMILES string of the molecule is C=CC[C@@H]1C=CC=C(C2=NC(C)(C)CO2)[C@H]1c1ccccc1. The average Bonchev–Trinajstić information content (AvgIpc) is 2.88. The van der Waals surface area contributed by atoms with Gasteiger partial charge in [0.2, 0.25) is 5.90 Å². The molecular formula is C20H23NO. The first-order valence-electron chi connectivity index (χ1n) is 7.88. The molecule has 0 bridgehead atoms. The highest BCUT2D eigenvalue weighted by Gasteiger charge is 2.34. The molecule has 0 unspecified atom stereocenters. The van der Waals surface area contributed by atoms with Gasteiger partial charge in [0.1, 0.15) is 6.61 Å². The van der Waals surface area contributed by atoms with Gasteiger partial charge in [0.15, 0.2) is 0 Å². The van der Waals surface area contributed by atoms with E-state index in [0.717, 1.165) is 12.3 Å². The van der Waals surface area contributed by atoms with E-state index >= 15 is 0 Å². The normalized spacial score (nSPS) is 26.1. The fraction of sp³-hybridized carbons (Fsp3) is 0.350. The molecule has 0 saturated heterocycles. The second-order valence-corrected chi connectivity index (χ2v) is 6.60. The molecule has 2 nitrogen and oxygen atoms in total. The molecule has 0 N–H and O–H groups in total. The van der Waals surface area contributed by atoms with Crippen LogP contribution in [0.1, 0.15) is 31.7 Å². The van der Waals surface area contributed by atoms with Crippen LogP contribution in [0.15, 0.2) is 71.8 Å². The van der Waals surface area contributed by atoms with Crippen molar-refractivity contribution in [3.63, 3.8) is 0 Å². The Labute approximate surface area is 132 Å². The van der Waals surface area contributed by atoms with Crippen molar-refractivity contribution in [1.82, 2.24) is 0 Å². The third-order valence-electron chi connectivity index (χ3n) is 4.21. The van der Waals surface area contributed by atoms with Crippen LogP contribution in [0, 0.1) is 5.92 Å². The Morgan fingerprint density at radius 1 is 1.32 bits per heavy atom. The van der Waals surface area contributed by atoms with Crippen LogP contribution in [0.3, 0.4) is 0 Å². The quantitative estimate of drug-likeness (QED) is 0.739. The van der Waals surface area contributed by atoms with Gasteiger partial charge in [-0.25, -0.2) is 4.99 Å². The van der Waals surface area contributed by atoms with Crippen molar-refractivity contribution in [2.45, 2.75) is 31.7 Å². The molecule has 2 atom stereocenters. The Morgan fingerprint density at radius 2 is 2.09 bits per heavy atom. The highest BCUT2D eigenvalue weighted by molar-refractivity contribution is 5.97. The van der Waals surface area contributed by atoms with E-state index in [9.17, 15) is 0 Å². The molecule has 0 saturated carbocycles. The van der Waals surface area contributed by atoms with E-state index in [0.29, 0.717) is 12.5 Å². The summed E-state index contributed by atoms with van der Waals surface area (Å²) in [7, 11) is 0. The summed E-state index contributed by atoms with van der Waals surface area (Å²) in [6, 6.07) is 10.6. The zero-order chi connectivity index (χ0) is 15.6. The second-order valence-electron chi connectivity index (χ2n) is 6.60. The van der Waals surface area contributed by atoms with Crippen molar-refractivity contribution >= 4 is 5.90 Å². The van der Waals surface area contributed by atoms with E-state index in [-0.39, 0.29) is 11.5 Å². The first-order chi connectivity index (χ1) is 10.6. The van der Waals surface area contributed by atoms with Gasteiger partial charge in [-0.15, -0.1) is 6.58 Å². The average molecular weight is 293 g/mol. The molecule has 0 aromatic heterocycles. The Balaban J connectivity index is 2.01. The first-order valence-corrected chi connectivity index (χ1v) is 7.88. The molecule has 1 aliphatic heterocycles.